The van der Waals surface area contributed by atoms with Crippen LogP contribution in [0.15, 0.2) is 0 Å². The first kappa shape index (κ1) is 21.2. The highest BCUT2D eigenvalue weighted by molar-refractivity contribution is 6.17. The third-order valence-corrected chi connectivity index (χ3v) is 4.81. The van der Waals surface area contributed by atoms with Crippen molar-refractivity contribution in [3.8, 4) is 0 Å². The molecule has 0 aromatic heterocycles. The van der Waals surface area contributed by atoms with E-state index < -0.39 is 0 Å². The fourth-order valence-electron chi connectivity index (χ4n) is 3.00. The summed E-state index contributed by atoms with van der Waals surface area (Å²) in [5.74, 6) is 0.824. The number of halogens is 1. The van der Waals surface area contributed by atoms with Crippen molar-refractivity contribution in [1.29, 1.82) is 0 Å². The summed E-state index contributed by atoms with van der Waals surface area (Å²) < 4.78 is 0. The number of unbranched alkanes of at least 4 members (excludes halogenated alkanes) is 10. The molecule has 0 amide bonds. The smallest absolute Gasteiger partial charge is 0.0223 e. The number of nitrogens with zero attached hydrogens (tertiary/aromatic N) is 1. The third-order valence-electron chi connectivity index (χ3n) is 4.54. The van der Waals surface area contributed by atoms with Gasteiger partial charge >= 0.3 is 0 Å². The molecule has 0 radical (unpaired) electrons. The number of rotatable bonds is 16. The van der Waals surface area contributed by atoms with E-state index in [9.17, 15) is 0 Å². The first-order valence-electron chi connectivity index (χ1n) is 9.44. The minimum absolute atomic E-state index is 0.782. The zero-order valence-corrected chi connectivity index (χ0v) is 15.8. The highest BCUT2D eigenvalue weighted by Gasteiger charge is 2.10. The summed E-state index contributed by atoms with van der Waals surface area (Å²) in [5.41, 5.74) is 0. The van der Waals surface area contributed by atoms with E-state index in [2.05, 4.69) is 25.9 Å². The van der Waals surface area contributed by atoms with Gasteiger partial charge in [-0.05, 0) is 33.4 Å². The molecule has 0 aliphatic carbocycles. The summed E-state index contributed by atoms with van der Waals surface area (Å²) in [5, 5.41) is 0. The van der Waals surface area contributed by atoms with Gasteiger partial charge in [-0.25, -0.2) is 0 Å². The highest BCUT2D eigenvalue weighted by Crippen LogP contribution is 2.16. The fourth-order valence-corrected chi connectivity index (χ4v) is 3.19. The van der Waals surface area contributed by atoms with Crippen LogP contribution in [0.25, 0.3) is 0 Å². The van der Waals surface area contributed by atoms with Crippen molar-refractivity contribution in [1.82, 2.24) is 4.90 Å². The van der Waals surface area contributed by atoms with Gasteiger partial charge in [0, 0.05) is 11.9 Å². The minimum Gasteiger partial charge on any atom is -0.306 e. The molecule has 0 aliphatic rings. The van der Waals surface area contributed by atoms with Gasteiger partial charge in [-0.2, -0.15) is 0 Å². The molecule has 0 aliphatic heterocycles. The normalized spacial score (nSPS) is 13.0. The Kier molecular flexibility index (Phi) is 16.8. The monoisotopic (exact) mass is 317 g/mol. The molecule has 1 atom stereocenters. The molecule has 0 N–H and O–H groups in total. The van der Waals surface area contributed by atoms with Crippen molar-refractivity contribution >= 4 is 11.6 Å². The summed E-state index contributed by atoms with van der Waals surface area (Å²) in [6.45, 7) is 2.29. The summed E-state index contributed by atoms with van der Waals surface area (Å²) >= 11 is 5.74. The van der Waals surface area contributed by atoms with Crippen LogP contribution in [0.5, 0.6) is 0 Å². The SMILES string of the molecule is CCCCCCCCCCCC(CCCCCCl)N(C)C. The topological polar surface area (TPSA) is 3.24 Å². The van der Waals surface area contributed by atoms with Gasteiger partial charge in [0.25, 0.3) is 0 Å². The van der Waals surface area contributed by atoms with Crippen LogP contribution < -0.4 is 0 Å². The van der Waals surface area contributed by atoms with Crippen LogP contribution in [-0.4, -0.2) is 30.9 Å². The zero-order valence-electron chi connectivity index (χ0n) is 15.0. The molecule has 1 nitrogen and oxygen atoms in total. The summed E-state index contributed by atoms with van der Waals surface area (Å²) in [6.07, 6.45) is 19.4. The standard InChI is InChI=1S/C19H40ClN/c1-4-5-6-7-8-9-10-11-13-16-19(21(2)3)17-14-12-15-18-20/h19H,4-18H2,1-3H3. The van der Waals surface area contributed by atoms with E-state index in [1.807, 2.05) is 0 Å². The molecule has 0 aromatic carbocycles. The summed E-state index contributed by atoms with van der Waals surface area (Å²) in [4.78, 5) is 2.42. The lowest BCUT2D eigenvalue weighted by Gasteiger charge is -2.24. The van der Waals surface area contributed by atoms with Gasteiger partial charge in [-0.1, -0.05) is 77.6 Å². The molecule has 0 heterocycles. The van der Waals surface area contributed by atoms with Gasteiger partial charge < -0.3 is 4.90 Å². The molecule has 2 heteroatoms. The van der Waals surface area contributed by atoms with Crippen LogP contribution in [-0.2, 0) is 0 Å². The second-order valence-electron chi connectivity index (χ2n) is 6.77. The van der Waals surface area contributed by atoms with Gasteiger partial charge in [0.2, 0.25) is 0 Å². The molecular weight excluding hydrogens is 278 g/mol. The molecule has 128 valence electrons. The maximum atomic E-state index is 5.74. The Balaban J connectivity index is 3.43. The maximum absolute atomic E-state index is 5.74. The predicted octanol–water partition coefficient (Wildman–Crippen LogP) is 6.64. The minimum atomic E-state index is 0.782. The van der Waals surface area contributed by atoms with Crippen molar-refractivity contribution in [3.63, 3.8) is 0 Å². The lowest BCUT2D eigenvalue weighted by atomic mass is 10.00. The van der Waals surface area contributed by atoms with E-state index in [1.165, 1.54) is 89.9 Å². The zero-order chi connectivity index (χ0) is 15.8. The molecule has 0 saturated carbocycles. The molecule has 0 spiro atoms. The van der Waals surface area contributed by atoms with Crippen molar-refractivity contribution in [3.05, 3.63) is 0 Å². The molecule has 21 heavy (non-hydrogen) atoms. The Morgan fingerprint density at radius 1 is 0.667 bits per heavy atom. The van der Waals surface area contributed by atoms with Gasteiger partial charge in [0.15, 0.2) is 0 Å². The van der Waals surface area contributed by atoms with Crippen molar-refractivity contribution in [2.75, 3.05) is 20.0 Å². The van der Waals surface area contributed by atoms with Crippen LogP contribution >= 0.6 is 11.6 Å². The summed E-state index contributed by atoms with van der Waals surface area (Å²) in [7, 11) is 4.47. The van der Waals surface area contributed by atoms with Gasteiger partial charge in [0.05, 0.1) is 0 Å². The van der Waals surface area contributed by atoms with Crippen LogP contribution in [0, 0.1) is 0 Å². The van der Waals surface area contributed by atoms with Crippen molar-refractivity contribution in [2.24, 2.45) is 0 Å². The molecule has 0 bridgehead atoms. The van der Waals surface area contributed by atoms with E-state index in [-0.39, 0.29) is 0 Å². The lowest BCUT2D eigenvalue weighted by Crippen LogP contribution is -2.27. The molecule has 0 rings (SSSR count). The number of hydrogen-bond donors (Lipinski definition) is 0. The molecule has 0 saturated heterocycles. The van der Waals surface area contributed by atoms with E-state index in [0.717, 1.165) is 11.9 Å². The quantitative estimate of drug-likeness (QED) is 0.228. The largest absolute Gasteiger partial charge is 0.306 e. The van der Waals surface area contributed by atoms with Crippen LogP contribution in [0.1, 0.15) is 96.8 Å². The fraction of sp³-hybridized carbons (Fsp3) is 1.00. The second kappa shape index (κ2) is 16.6. The first-order chi connectivity index (χ1) is 10.2. The van der Waals surface area contributed by atoms with E-state index in [4.69, 9.17) is 11.6 Å². The Morgan fingerprint density at radius 3 is 1.52 bits per heavy atom. The third kappa shape index (κ3) is 14.9. The maximum Gasteiger partial charge on any atom is 0.0223 e. The number of hydrogen-bond acceptors (Lipinski definition) is 1. The van der Waals surface area contributed by atoms with E-state index in [1.54, 1.807) is 0 Å². The Morgan fingerprint density at radius 2 is 1.10 bits per heavy atom. The molecule has 1 unspecified atom stereocenters. The predicted molar refractivity (Wildman–Crippen MR) is 98.5 cm³/mol. The average molecular weight is 318 g/mol. The van der Waals surface area contributed by atoms with Crippen molar-refractivity contribution < 1.29 is 0 Å². The Bertz CT molecular complexity index is 194. The van der Waals surface area contributed by atoms with E-state index >= 15 is 0 Å². The summed E-state index contributed by atoms with van der Waals surface area (Å²) in [6, 6.07) is 0.782. The first-order valence-corrected chi connectivity index (χ1v) is 9.98. The van der Waals surface area contributed by atoms with Crippen LogP contribution in [0.2, 0.25) is 0 Å². The Labute approximate surface area is 139 Å². The average Bonchev–Trinajstić information content (AvgIpc) is 2.47. The highest BCUT2D eigenvalue weighted by atomic mass is 35.5. The molecule has 0 aromatic rings. The van der Waals surface area contributed by atoms with Crippen LogP contribution in [0.4, 0.5) is 0 Å². The molecule has 0 fully saturated rings. The Hall–Kier alpha value is 0.250. The molecular formula is C19H40ClN. The van der Waals surface area contributed by atoms with Crippen molar-refractivity contribution in [2.45, 2.75) is 103 Å². The van der Waals surface area contributed by atoms with Crippen LogP contribution in [0.3, 0.4) is 0 Å². The second-order valence-corrected chi connectivity index (χ2v) is 7.15. The van der Waals surface area contributed by atoms with Gasteiger partial charge in [-0.3, -0.25) is 0 Å². The van der Waals surface area contributed by atoms with E-state index in [0.29, 0.717) is 0 Å². The van der Waals surface area contributed by atoms with Gasteiger partial charge in [0.1, 0.15) is 0 Å². The van der Waals surface area contributed by atoms with Gasteiger partial charge in [-0.15, -0.1) is 11.6 Å². The number of alkyl halides is 1. The lowest BCUT2D eigenvalue weighted by molar-refractivity contribution is 0.252.